The molecule has 234 valence electrons. The van der Waals surface area contributed by atoms with Gasteiger partial charge in [-0.1, -0.05) is 23.7 Å². The minimum atomic E-state index is -4.55. The van der Waals surface area contributed by atoms with E-state index in [0.717, 1.165) is 40.8 Å². The Hall–Kier alpha value is -4.92. The lowest BCUT2D eigenvalue weighted by Crippen LogP contribution is -2.21. The average Bonchev–Trinajstić information content (AvgIpc) is 3.59. The minimum Gasteiger partial charge on any atom is -0.473 e. The molecule has 9 nitrogen and oxygen atoms in total. The molecule has 0 N–H and O–H groups in total. The summed E-state index contributed by atoms with van der Waals surface area (Å²) in [7, 11) is 1.08. The number of esters is 1. The Bertz CT molecular complexity index is 1860. The summed E-state index contributed by atoms with van der Waals surface area (Å²) in [6.45, 7) is -1.88. The van der Waals surface area contributed by atoms with Gasteiger partial charge in [-0.15, -0.1) is 10.2 Å². The third-order valence-corrected chi connectivity index (χ3v) is 6.77. The molecule has 5 aromatic rings. The van der Waals surface area contributed by atoms with Crippen molar-refractivity contribution in [3.8, 4) is 17.1 Å². The molecule has 45 heavy (non-hydrogen) atoms. The van der Waals surface area contributed by atoms with Crippen molar-refractivity contribution in [1.29, 1.82) is 0 Å². The number of methoxy groups -OCH3 is 1. The van der Waals surface area contributed by atoms with E-state index in [1.54, 1.807) is 0 Å². The molecular formula is C29H21ClF6N6O3. The zero-order valence-electron chi connectivity index (χ0n) is 23.2. The third-order valence-electron chi connectivity index (χ3n) is 6.54. The summed E-state index contributed by atoms with van der Waals surface area (Å²) in [5.74, 6) is -3.62. The van der Waals surface area contributed by atoms with Crippen LogP contribution in [0.3, 0.4) is 0 Å². The largest absolute Gasteiger partial charge is 0.473 e. The van der Waals surface area contributed by atoms with Gasteiger partial charge in [0.05, 0.1) is 31.4 Å². The zero-order valence-corrected chi connectivity index (χ0v) is 23.9. The number of imidazole rings is 1. The topological polar surface area (TPSA) is 96.9 Å². The number of aromatic nitrogens is 6. The molecule has 0 amide bonds. The Balaban J connectivity index is 1.40. The second-order valence-corrected chi connectivity index (χ2v) is 10.1. The van der Waals surface area contributed by atoms with Crippen molar-refractivity contribution in [2.24, 2.45) is 0 Å². The Kier molecular flexibility index (Phi) is 9.09. The molecule has 0 aliphatic rings. The number of halogens is 7. The summed E-state index contributed by atoms with van der Waals surface area (Å²) in [5, 5.41) is 7.87. The van der Waals surface area contributed by atoms with Gasteiger partial charge in [-0.25, -0.2) is 27.9 Å². The highest BCUT2D eigenvalue weighted by Crippen LogP contribution is 2.28. The molecule has 0 saturated heterocycles. The van der Waals surface area contributed by atoms with Crippen molar-refractivity contribution < 1.29 is 40.6 Å². The van der Waals surface area contributed by atoms with Crippen molar-refractivity contribution in [3.63, 3.8) is 0 Å². The van der Waals surface area contributed by atoms with E-state index in [4.69, 9.17) is 21.1 Å². The van der Waals surface area contributed by atoms with Crippen molar-refractivity contribution >= 4 is 17.6 Å². The van der Waals surface area contributed by atoms with Crippen LogP contribution < -0.4 is 4.74 Å². The molecule has 0 bridgehead atoms. The van der Waals surface area contributed by atoms with E-state index in [1.807, 2.05) is 0 Å². The fourth-order valence-corrected chi connectivity index (χ4v) is 4.54. The van der Waals surface area contributed by atoms with Gasteiger partial charge in [0.15, 0.2) is 0 Å². The number of alkyl halides is 3. The Morgan fingerprint density at radius 3 is 2.49 bits per heavy atom. The maximum absolute atomic E-state index is 15.4. The zero-order chi connectivity index (χ0) is 32.3. The second kappa shape index (κ2) is 13.0. The van der Waals surface area contributed by atoms with Crippen LogP contribution in [0.2, 0.25) is 5.02 Å². The van der Waals surface area contributed by atoms with E-state index >= 15 is 8.78 Å². The van der Waals surface area contributed by atoms with Crippen LogP contribution in [-0.2, 0) is 30.9 Å². The van der Waals surface area contributed by atoms with E-state index in [9.17, 15) is 22.4 Å². The predicted octanol–water partition coefficient (Wildman–Crippen LogP) is 6.17. The highest BCUT2D eigenvalue weighted by Gasteiger charge is 2.29. The van der Waals surface area contributed by atoms with Gasteiger partial charge in [0.25, 0.3) is 0 Å². The standard InChI is InChI=1S/C29H21ClF6N6O3/c1-44-28(43)27-40-39-25(42(27)12-19-11-37-15-41(19)14-29(34,35)36)8-17-7-23(33)20(10-22(17)32)24-3-2-4-26(38-24)45-13-16-5-6-18(30)9-21(16)31/h2-7,9-11,15H,8,12-14H2,1H3. The predicted molar refractivity (Wildman–Crippen MR) is 147 cm³/mol. The number of carbonyl (C=O) groups excluding carboxylic acids is 1. The molecule has 0 unspecified atom stereocenters. The first-order valence-corrected chi connectivity index (χ1v) is 13.4. The van der Waals surface area contributed by atoms with E-state index in [2.05, 4.69) is 20.2 Å². The van der Waals surface area contributed by atoms with Crippen LogP contribution in [0.25, 0.3) is 11.3 Å². The van der Waals surface area contributed by atoms with Gasteiger partial charge < -0.3 is 14.0 Å². The maximum Gasteiger partial charge on any atom is 0.406 e. The van der Waals surface area contributed by atoms with E-state index in [0.29, 0.717) is 0 Å². The van der Waals surface area contributed by atoms with Gasteiger partial charge >= 0.3 is 12.1 Å². The molecule has 0 saturated carbocycles. The molecule has 0 aliphatic heterocycles. The summed E-state index contributed by atoms with van der Waals surface area (Å²) < 4.78 is 96.1. The number of ether oxygens (including phenoxy) is 2. The molecule has 2 aromatic carbocycles. The van der Waals surface area contributed by atoms with Crippen LogP contribution in [0.4, 0.5) is 26.3 Å². The normalized spacial score (nSPS) is 11.6. The van der Waals surface area contributed by atoms with E-state index in [-0.39, 0.29) is 70.2 Å². The average molecular weight is 651 g/mol. The van der Waals surface area contributed by atoms with E-state index < -0.39 is 36.1 Å². The summed E-state index contributed by atoms with van der Waals surface area (Å²) in [6, 6.07) is 10.3. The molecule has 0 spiro atoms. The number of nitrogens with zero attached hydrogens (tertiary/aromatic N) is 6. The van der Waals surface area contributed by atoms with E-state index in [1.165, 1.54) is 36.5 Å². The van der Waals surface area contributed by atoms with Crippen molar-refractivity contribution in [2.45, 2.75) is 32.3 Å². The number of rotatable bonds is 10. The third kappa shape index (κ3) is 7.42. The second-order valence-electron chi connectivity index (χ2n) is 9.63. The van der Waals surface area contributed by atoms with Crippen LogP contribution >= 0.6 is 11.6 Å². The molecule has 3 heterocycles. The molecule has 0 radical (unpaired) electrons. The molecule has 5 rings (SSSR count). The van der Waals surface area contributed by atoms with Gasteiger partial charge in [-0.05, 0) is 35.9 Å². The Labute approximate surface area is 256 Å². The number of carbonyl (C=O) groups is 1. The van der Waals surface area contributed by atoms with Gasteiger partial charge in [0.2, 0.25) is 11.7 Å². The lowest BCUT2D eigenvalue weighted by Gasteiger charge is -2.14. The maximum atomic E-state index is 15.4. The first kappa shape index (κ1) is 31.5. The summed E-state index contributed by atoms with van der Waals surface area (Å²) >= 11 is 5.76. The van der Waals surface area contributed by atoms with Crippen molar-refractivity contribution in [2.75, 3.05) is 7.11 Å². The summed E-state index contributed by atoms with van der Waals surface area (Å²) in [6.07, 6.45) is -2.79. The van der Waals surface area contributed by atoms with Crippen LogP contribution in [0, 0.1) is 17.5 Å². The first-order valence-electron chi connectivity index (χ1n) is 13.0. The molecular weight excluding hydrogens is 630 g/mol. The molecule has 0 fully saturated rings. The quantitative estimate of drug-likeness (QED) is 0.132. The minimum absolute atomic E-state index is 0.0268. The molecule has 0 aliphatic carbocycles. The molecule has 0 atom stereocenters. The highest BCUT2D eigenvalue weighted by atomic mass is 35.5. The van der Waals surface area contributed by atoms with Crippen LogP contribution in [0.5, 0.6) is 5.88 Å². The summed E-state index contributed by atoms with van der Waals surface area (Å²) in [4.78, 5) is 20.3. The summed E-state index contributed by atoms with van der Waals surface area (Å²) in [5.41, 5.74) is -0.0994. The smallest absolute Gasteiger partial charge is 0.406 e. The first-order chi connectivity index (χ1) is 21.4. The molecule has 16 heteroatoms. The van der Waals surface area contributed by atoms with Crippen LogP contribution in [-0.4, -0.2) is 48.6 Å². The lowest BCUT2D eigenvalue weighted by molar-refractivity contribution is -0.141. The SMILES string of the molecule is COC(=O)c1nnc(Cc2cc(F)c(-c3cccc(OCc4ccc(Cl)cc4F)n3)cc2F)n1Cc1cncn1CC(F)(F)F. The van der Waals surface area contributed by atoms with Gasteiger partial charge in [0.1, 0.15) is 36.4 Å². The number of pyridine rings is 1. The van der Waals surface area contributed by atoms with Crippen LogP contribution in [0.15, 0.2) is 61.1 Å². The monoisotopic (exact) mass is 650 g/mol. The number of benzene rings is 2. The molecule has 3 aromatic heterocycles. The van der Waals surface area contributed by atoms with Gasteiger partial charge in [-0.3, -0.25) is 4.57 Å². The fourth-order valence-electron chi connectivity index (χ4n) is 4.38. The fraction of sp³-hybridized carbons (Fsp3) is 0.207. The lowest BCUT2D eigenvalue weighted by atomic mass is 10.0. The van der Waals surface area contributed by atoms with Crippen molar-refractivity contribution in [1.82, 2.24) is 29.3 Å². The Morgan fingerprint density at radius 2 is 1.76 bits per heavy atom. The van der Waals surface area contributed by atoms with Gasteiger partial charge in [-0.2, -0.15) is 13.2 Å². The van der Waals surface area contributed by atoms with Crippen molar-refractivity contribution in [3.05, 3.63) is 112 Å². The van der Waals surface area contributed by atoms with Gasteiger partial charge in [0, 0.05) is 34.8 Å². The van der Waals surface area contributed by atoms with Crippen LogP contribution in [0.1, 0.15) is 33.3 Å². The Morgan fingerprint density at radius 1 is 0.978 bits per heavy atom. The number of hydrogen-bond acceptors (Lipinski definition) is 7. The highest BCUT2D eigenvalue weighted by molar-refractivity contribution is 6.30. The number of hydrogen-bond donors (Lipinski definition) is 0.